The van der Waals surface area contributed by atoms with E-state index in [4.69, 9.17) is 9.47 Å². The highest BCUT2D eigenvalue weighted by molar-refractivity contribution is 4.50. The number of hydrogen-bond donors (Lipinski definition) is 1. The molecule has 0 heterocycles. The average molecular weight is 147 g/mol. The summed E-state index contributed by atoms with van der Waals surface area (Å²) in [5.41, 5.74) is 0. The highest BCUT2D eigenvalue weighted by Gasteiger charge is 1.90. The molecule has 1 N–H and O–H groups in total. The van der Waals surface area contributed by atoms with Gasteiger partial charge in [0, 0.05) is 19.7 Å². The predicted octanol–water partition coefficient (Wildman–Crippen LogP) is 0.605. The van der Waals surface area contributed by atoms with Crippen molar-refractivity contribution in [2.45, 2.75) is 19.9 Å². The first kappa shape index (κ1) is 9.88. The molecule has 10 heavy (non-hydrogen) atoms. The van der Waals surface area contributed by atoms with Crippen LogP contribution in [0.25, 0.3) is 0 Å². The molecule has 0 saturated heterocycles. The maximum atomic E-state index is 5.05. The van der Waals surface area contributed by atoms with Crippen LogP contribution < -0.4 is 5.32 Å². The third-order valence-corrected chi connectivity index (χ3v) is 1.00. The molecule has 0 aliphatic carbocycles. The number of hydrogen-bond acceptors (Lipinski definition) is 3. The summed E-state index contributed by atoms with van der Waals surface area (Å²) in [5, 5.41) is 3.22. The third kappa shape index (κ3) is 7.88. The molecule has 0 amide bonds. The Morgan fingerprint density at radius 2 is 2.10 bits per heavy atom. The number of nitrogens with one attached hydrogen (secondary N) is 1. The summed E-state index contributed by atoms with van der Waals surface area (Å²) in [6.07, 6.45) is 0. The number of rotatable bonds is 6. The lowest BCUT2D eigenvalue weighted by Crippen LogP contribution is -2.26. The van der Waals surface area contributed by atoms with Crippen molar-refractivity contribution in [3.63, 3.8) is 0 Å². The van der Waals surface area contributed by atoms with Gasteiger partial charge in [0.25, 0.3) is 0 Å². The highest BCUT2D eigenvalue weighted by atomic mass is 16.7. The average Bonchev–Trinajstić information content (AvgIpc) is 1.87. The van der Waals surface area contributed by atoms with Crippen molar-refractivity contribution in [3.05, 3.63) is 0 Å². The van der Waals surface area contributed by atoms with Crippen LogP contribution in [0.5, 0.6) is 0 Å². The number of methoxy groups -OCH3 is 1. The van der Waals surface area contributed by atoms with Crippen LogP contribution >= 0.6 is 0 Å². The van der Waals surface area contributed by atoms with E-state index in [2.05, 4.69) is 19.2 Å². The molecular formula is C7H17NO2. The lowest BCUT2D eigenvalue weighted by Gasteiger charge is -2.07. The molecule has 0 spiro atoms. The molecule has 0 rings (SSSR count). The fourth-order valence-corrected chi connectivity index (χ4v) is 0.562. The second kappa shape index (κ2) is 6.99. The van der Waals surface area contributed by atoms with E-state index in [1.54, 1.807) is 7.11 Å². The van der Waals surface area contributed by atoms with Gasteiger partial charge in [-0.05, 0) is 0 Å². The Morgan fingerprint density at radius 1 is 1.40 bits per heavy atom. The van der Waals surface area contributed by atoms with Gasteiger partial charge in [-0.1, -0.05) is 13.8 Å². The topological polar surface area (TPSA) is 30.5 Å². The Labute approximate surface area is 62.7 Å². The predicted molar refractivity (Wildman–Crippen MR) is 41.0 cm³/mol. The maximum Gasteiger partial charge on any atom is 0.146 e. The Hall–Kier alpha value is -0.120. The lowest BCUT2D eigenvalue weighted by molar-refractivity contribution is -0.0292. The second-order valence-electron chi connectivity index (χ2n) is 2.42. The van der Waals surface area contributed by atoms with Gasteiger partial charge < -0.3 is 14.8 Å². The van der Waals surface area contributed by atoms with Crippen LogP contribution in [-0.4, -0.2) is 33.1 Å². The van der Waals surface area contributed by atoms with Crippen molar-refractivity contribution in [3.8, 4) is 0 Å². The van der Waals surface area contributed by atoms with Crippen LogP contribution in [0, 0.1) is 0 Å². The quantitative estimate of drug-likeness (QED) is 0.441. The molecule has 0 radical (unpaired) electrons. The smallest absolute Gasteiger partial charge is 0.146 e. The molecule has 0 unspecified atom stereocenters. The van der Waals surface area contributed by atoms with E-state index in [9.17, 15) is 0 Å². The molecule has 0 aliphatic heterocycles. The zero-order valence-electron chi connectivity index (χ0n) is 7.02. The monoisotopic (exact) mass is 147 g/mol. The summed E-state index contributed by atoms with van der Waals surface area (Å²) in [6, 6.07) is 0.533. The van der Waals surface area contributed by atoms with Crippen LogP contribution in [0.15, 0.2) is 0 Å². The zero-order chi connectivity index (χ0) is 7.82. The third-order valence-electron chi connectivity index (χ3n) is 1.00. The zero-order valence-corrected chi connectivity index (χ0v) is 7.02. The summed E-state index contributed by atoms with van der Waals surface area (Å²) in [6.45, 7) is 6.21. The van der Waals surface area contributed by atoms with Gasteiger partial charge in [0.15, 0.2) is 0 Å². The van der Waals surface area contributed by atoms with Crippen molar-refractivity contribution in [2.75, 3.05) is 27.1 Å². The van der Waals surface area contributed by atoms with Crippen molar-refractivity contribution < 1.29 is 9.47 Å². The molecule has 0 aliphatic rings. The van der Waals surface area contributed by atoms with Gasteiger partial charge in [-0.2, -0.15) is 0 Å². The maximum absolute atomic E-state index is 5.05. The van der Waals surface area contributed by atoms with Crippen LogP contribution in [0.4, 0.5) is 0 Å². The summed E-state index contributed by atoms with van der Waals surface area (Å²) in [5.74, 6) is 0. The Bertz CT molecular complexity index is 66.6. The lowest BCUT2D eigenvalue weighted by atomic mass is 10.4. The first-order valence-corrected chi connectivity index (χ1v) is 3.57. The minimum atomic E-state index is 0.389. The van der Waals surface area contributed by atoms with Crippen molar-refractivity contribution in [1.29, 1.82) is 0 Å². The molecule has 3 nitrogen and oxygen atoms in total. The van der Waals surface area contributed by atoms with Gasteiger partial charge in [0.05, 0.1) is 6.61 Å². The summed E-state index contributed by atoms with van der Waals surface area (Å²) in [7, 11) is 1.62. The van der Waals surface area contributed by atoms with Crippen molar-refractivity contribution >= 4 is 0 Å². The summed E-state index contributed by atoms with van der Waals surface area (Å²) in [4.78, 5) is 0. The normalized spacial score (nSPS) is 10.8. The fraction of sp³-hybridized carbons (Fsp3) is 1.00. The highest BCUT2D eigenvalue weighted by Crippen LogP contribution is 1.77. The van der Waals surface area contributed by atoms with E-state index < -0.39 is 0 Å². The van der Waals surface area contributed by atoms with Crippen molar-refractivity contribution in [2.24, 2.45) is 0 Å². The van der Waals surface area contributed by atoms with Gasteiger partial charge in [0.1, 0.15) is 6.79 Å². The molecule has 0 atom stereocenters. The Kier molecular flexibility index (Phi) is 6.91. The largest absolute Gasteiger partial charge is 0.359 e. The SMILES string of the molecule is COCOCCNC(C)C. The molecule has 0 bridgehead atoms. The van der Waals surface area contributed by atoms with E-state index in [0.29, 0.717) is 19.4 Å². The van der Waals surface area contributed by atoms with Crippen LogP contribution in [0.1, 0.15) is 13.8 Å². The van der Waals surface area contributed by atoms with Gasteiger partial charge in [-0.15, -0.1) is 0 Å². The minimum absolute atomic E-state index is 0.389. The van der Waals surface area contributed by atoms with Crippen LogP contribution in [0.3, 0.4) is 0 Å². The van der Waals surface area contributed by atoms with Crippen LogP contribution in [0.2, 0.25) is 0 Å². The molecule has 0 aromatic rings. The van der Waals surface area contributed by atoms with E-state index in [0.717, 1.165) is 6.54 Å². The molecule has 0 aromatic carbocycles. The Morgan fingerprint density at radius 3 is 2.60 bits per heavy atom. The first-order valence-electron chi connectivity index (χ1n) is 3.57. The summed E-state index contributed by atoms with van der Waals surface area (Å²) < 4.78 is 9.75. The van der Waals surface area contributed by atoms with Gasteiger partial charge in [-0.3, -0.25) is 0 Å². The van der Waals surface area contributed by atoms with Gasteiger partial charge in [0.2, 0.25) is 0 Å². The molecule has 3 heteroatoms. The van der Waals surface area contributed by atoms with E-state index in [-0.39, 0.29) is 0 Å². The number of ether oxygens (including phenoxy) is 2. The van der Waals surface area contributed by atoms with E-state index in [1.165, 1.54) is 0 Å². The molecule has 0 aromatic heterocycles. The molecular weight excluding hydrogens is 130 g/mol. The van der Waals surface area contributed by atoms with E-state index >= 15 is 0 Å². The second-order valence-corrected chi connectivity index (χ2v) is 2.42. The molecule has 62 valence electrons. The van der Waals surface area contributed by atoms with E-state index in [1.807, 2.05) is 0 Å². The first-order chi connectivity index (χ1) is 4.77. The molecule has 0 fully saturated rings. The standard InChI is InChI=1S/C7H17NO2/c1-7(2)8-4-5-10-6-9-3/h7-8H,4-6H2,1-3H3. The minimum Gasteiger partial charge on any atom is -0.359 e. The van der Waals surface area contributed by atoms with Crippen molar-refractivity contribution in [1.82, 2.24) is 5.32 Å². The molecule has 0 saturated carbocycles. The fourth-order valence-electron chi connectivity index (χ4n) is 0.562. The van der Waals surface area contributed by atoms with Gasteiger partial charge in [-0.25, -0.2) is 0 Å². The van der Waals surface area contributed by atoms with Gasteiger partial charge >= 0.3 is 0 Å². The Balaban J connectivity index is 2.77. The van der Waals surface area contributed by atoms with Crippen LogP contribution in [-0.2, 0) is 9.47 Å². The summed E-state index contributed by atoms with van der Waals surface area (Å²) >= 11 is 0.